The Labute approximate surface area is 236 Å². The molecule has 2 heterocycles. The molecule has 1 aromatic carbocycles. The van der Waals surface area contributed by atoms with Crippen LogP contribution in [0.1, 0.15) is 53.0 Å². The minimum atomic E-state index is -0.847. The number of rotatable bonds is 13. The van der Waals surface area contributed by atoms with E-state index in [9.17, 15) is 19.2 Å². The maximum Gasteiger partial charge on any atom is 0.245 e. The molecule has 9 N–H and O–H groups in total. The number of guanidine groups is 1. The fourth-order valence-corrected chi connectivity index (χ4v) is 4.94. The molecule has 40 heavy (non-hydrogen) atoms. The van der Waals surface area contributed by atoms with Gasteiger partial charge in [-0.15, -0.1) is 11.3 Å². The summed E-state index contributed by atoms with van der Waals surface area (Å²) in [6, 6.07) is 5.14. The number of Topliss-reactive ketones (excluding diaryl/α,β-unsaturated/α-hetero) is 1. The van der Waals surface area contributed by atoms with Crippen molar-refractivity contribution >= 4 is 46.6 Å². The molecule has 2 aromatic rings. The van der Waals surface area contributed by atoms with E-state index >= 15 is 0 Å². The van der Waals surface area contributed by atoms with Gasteiger partial charge in [0.2, 0.25) is 23.5 Å². The van der Waals surface area contributed by atoms with Crippen LogP contribution in [0.15, 0.2) is 40.8 Å². The summed E-state index contributed by atoms with van der Waals surface area (Å²) in [6.07, 6.45) is 4.16. The molecule has 14 heteroatoms. The van der Waals surface area contributed by atoms with Gasteiger partial charge in [-0.3, -0.25) is 29.6 Å². The average Bonchev–Trinajstić information content (AvgIpc) is 3.40. The van der Waals surface area contributed by atoms with Crippen molar-refractivity contribution in [2.24, 2.45) is 22.2 Å². The molecule has 2 atom stereocenters. The number of aliphatic imine (C=N–C) groups is 1. The number of benzene rings is 1. The van der Waals surface area contributed by atoms with Crippen LogP contribution in [0.5, 0.6) is 0 Å². The monoisotopic (exact) mass is 569 g/mol. The first-order chi connectivity index (χ1) is 19.1. The Morgan fingerprint density at radius 3 is 2.55 bits per heavy atom. The summed E-state index contributed by atoms with van der Waals surface area (Å²) in [5.74, 6) is -1.59. The third-order valence-electron chi connectivity index (χ3n) is 6.32. The second kappa shape index (κ2) is 14.7. The highest BCUT2D eigenvalue weighted by Gasteiger charge is 2.31. The zero-order valence-electron chi connectivity index (χ0n) is 22.1. The molecular formula is C26H35N9O4S. The standard InChI is InChI=1S/C26H35N9O4S/c27-23(28)17-8-6-16(7-9-17)14-20(36)34-19-4-1-2-12-35(25(19)39)15-21(37)33-18(5-3-10-32-26(29)30)22(38)24-31-11-13-40-24/h6-9,11,13,18-19H,1-5,10,12,14-15H2,(H3,27,28)(H,33,37)(H,34,36)(H4,29,30,32)/t18-,19-/m0/s1. The maximum atomic E-state index is 13.2. The first-order valence-corrected chi connectivity index (χ1v) is 13.8. The lowest BCUT2D eigenvalue weighted by Crippen LogP contribution is -2.52. The number of hydrogen-bond donors (Lipinski definition) is 6. The van der Waals surface area contributed by atoms with Crippen LogP contribution in [0.25, 0.3) is 0 Å². The van der Waals surface area contributed by atoms with Crippen molar-refractivity contribution in [2.75, 3.05) is 19.6 Å². The minimum Gasteiger partial charge on any atom is -0.384 e. The lowest BCUT2D eigenvalue weighted by Gasteiger charge is -2.25. The average molecular weight is 570 g/mol. The normalized spacial score (nSPS) is 15.9. The first kappa shape index (κ1) is 30.2. The van der Waals surface area contributed by atoms with Crippen LogP contribution < -0.4 is 27.8 Å². The molecular weight excluding hydrogens is 534 g/mol. The summed E-state index contributed by atoms with van der Waals surface area (Å²) in [4.78, 5) is 61.3. The third-order valence-corrected chi connectivity index (χ3v) is 7.11. The number of nitrogens with zero attached hydrogens (tertiary/aromatic N) is 3. The fourth-order valence-electron chi connectivity index (χ4n) is 4.31. The second-order valence-corrected chi connectivity index (χ2v) is 10.3. The number of nitrogens with two attached hydrogens (primary N) is 3. The summed E-state index contributed by atoms with van der Waals surface area (Å²) >= 11 is 1.18. The Bertz CT molecular complexity index is 1230. The van der Waals surface area contributed by atoms with E-state index in [4.69, 9.17) is 22.6 Å². The zero-order valence-corrected chi connectivity index (χ0v) is 22.9. The molecule has 1 saturated heterocycles. The topological polar surface area (TPSA) is 223 Å². The Morgan fingerprint density at radius 1 is 1.15 bits per heavy atom. The van der Waals surface area contributed by atoms with Crippen LogP contribution >= 0.6 is 11.3 Å². The predicted octanol–water partition coefficient (Wildman–Crippen LogP) is -0.112. The van der Waals surface area contributed by atoms with E-state index in [0.29, 0.717) is 50.8 Å². The van der Waals surface area contributed by atoms with Crippen molar-refractivity contribution in [3.05, 3.63) is 52.0 Å². The summed E-state index contributed by atoms with van der Waals surface area (Å²) in [5, 5.41) is 15.0. The number of amides is 3. The summed E-state index contributed by atoms with van der Waals surface area (Å²) in [5.41, 5.74) is 17.5. The molecule has 3 rings (SSSR count). The predicted molar refractivity (Wildman–Crippen MR) is 152 cm³/mol. The molecule has 1 fully saturated rings. The molecule has 214 valence electrons. The number of thiazole rings is 1. The second-order valence-electron chi connectivity index (χ2n) is 9.43. The number of hydrogen-bond acceptors (Lipinski definition) is 8. The molecule has 0 aliphatic carbocycles. The van der Waals surface area contributed by atoms with Crippen LogP contribution in [0.3, 0.4) is 0 Å². The molecule has 3 amide bonds. The van der Waals surface area contributed by atoms with Crippen LogP contribution in [0, 0.1) is 5.41 Å². The summed E-state index contributed by atoms with van der Waals surface area (Å²) < 4.78 is 0. The highest BCUT2D eigenvalue weighted by Crippen LogP contribution is 2.15. The number of likely N-dealkylation sites (tertiary alicyclic amines) is 1. The van der Waals surface area contributed by atoms with E-state index < -0.39 is 18.0 Å². The van der Waals surface area contributed by atoms with Crippen molar-refractivity contribution in [2.45, 2.75) is 50.6 Å². The van der Waals surface area contributed by atoms with E-state index in [1.165, 1.54) is 22.4 Å². The Balaban J connectivity index is 1.59. The molecule has 0 saturated carbocycles. The SMILES string of the molecule is N=C(N)c1ccc(CC(=O)N[C@H]2CCCCN(CC(=O)N[C@@H](CCCN=C(N)N)C(=O)c3nccs3)C2=O)cc1. The van der Waals surface area contributed by atoms with E-state index in [2.05, 4.69) is 20.6 Å². The number of nitrogens with one attached hydrogen (secondary N) is 3. The molecule has 0 radical (unpaired) electrons. The molecule has 0 spiro atoms. The highest BCUT2D eigenvalue weighted by molar-refractivity contribution is 7.11. The Hall–Kier alpha value is -4.33. The van der Waals surface area contributed by atoms with Crippen molar-refractivity contribution in [1.82, 2.24) is 20.5 Å². The van der Waals surface area contributed by atoms with Crippen molar-refractivity contribution in [1.29, 1.82) is 5.41 Å². The van der Waals surface area contributed by atoms with E-state index in [-0.39, 0.29) is 47.4 Å². The van der Waals surface area contributed by atoms with E-state index in [0.717, 1.165) is 5.56 Å². The summed E-state index contributed by atoms with van der Waals surface area (Å²) in [7, 11) is 0. The highest BCUT2D eigenvalue weighted by atomic mass is 32.1. The van der Waals surface area contributed by atoms with Gasteiger partial charge in [-0.2, -0.15) is 0 Å². The van der Waals surface area contributed by atoms with Gasteiger partial charge in [-0.1, -0.05) is 24.3 Å². The molecule has 0 bridgehead atoms. The van der Waals surface area contributed by atoms with Gasteiger partial charge in [0, 0.05) is 30.2 Å². The van der Waals surface area contributed by atoms with Gasteiger partial charge in [0.1, 0.15) is 11.9 Å². The van der Waals surface area contributed by atoms with Crippen molar-refractivity contribution < 1.29 is 19.2 Å². The van der Waals surface area contributed by atoms with Crippen LogP contribution in [-0.2, 0) is 20.8 Å². The smallest absolute Gasteiger partial charge is 0.245 e. The van der Waals surface area contributed by atoms with Gasteiger partial charge in [0.05, 0.1) is 19.0 Å². The van der Waals surface area contributed by atoms with Gasteiger partial charge in [-0.05, 0) is 37.7 Å². The Kier molecular flexibility index (Phi) is 11.1. The maximum absolute atomic E-state index is 13.2. The van der Waals surface area contributed by atoms with Gasteiger partial charge >= 0.3 is 0 Å². The Morgan fingerprint density at radius 2 is 1.90 bits per heavy atom. The first-order valence-electron chi connectivity index (χ1n) is 12.9. The molecule has 1 aliphatic rings. The van der Waals surface area contributed by atoms with Crippen LogP contribution in [-0.4, -0.2) is 76.9 Å². The lowest BCUT2D eigenvalue weighted by atomic mass is 10.1. The number of ketones is 1. The van der Waals surface area contributed by atoms with Crippen molar-refractivity contribution in [3.8, 4) is 0 Å². The molecule has 1 aliphatic heterocycles. The van der Waals surface area contributed by atoms with Crippen LogP contribution in [0.4, 0.5) is 0 Å². The third kappa shape index (κ3) is 9.15. The number of aromatic nitrogens is 1. The molecule has 13 nitrogen and oxygen atoms in total. The van der Waals surface area contributed by atoms with Gasteiger partial charge in [0.25, 0.3) is 0 Å². The minimum absolute atomic E-state index is 0.0564. The largest absolute Gasteiger partial charge is 0.384 e. The summed E-state index contributed by atoms with van der Waals surface area (Å²) in [6.45, 7) is 0.417. The van der Waals surface area contributed by atoms with Crippen molar-refractivity contribution in [3.63, 3.8) is 0 Å². The van der Waals surface area contributed by atoms with E-state index in [1.807, 2.05) is 0 Å². The lowest BCUT2D eigenvalue weighted by molar-refractivity contribution is -0.139. The van der Waals surface area contributed by atoms with Gasteiger partial charge < -0.3 is 32.7 Å². The zero-order chi connectivity index (χ0) is 29.1. The number of carbonyl (C=O) groups excluding carboxylic acids is 4. The van der Waals surface area contributed by atoms with E-state index in [1.54, 1.807) is 29.6 Å². The number of carbonyl (C=O) groups is 4. The number of amidine groups is 1. The number of nitrogen functional groups attached to an aromatic ring is 1. The molecule has 1 aromatic heterocycles. The van der Waals surface area contributed by atoms with Gasteiger partial charge in [0.15, 0.2) is 11.0 Å². The fraction of sp³-hybridized carbons (Fsp3) is 0.423. The van der Waals surface area contributed by atoms with Crippen LogP contribution in [0.2, 0.25) is 0 Å². The van der Waals surface area contributed by atoms with Gasteiger partial charge in [-0.25, -0.2) is 4.98 Å². The quantitative estimate of drug-likeness (QED) is 0.0824. The molecule has 0 unspecified atom stereocenters.